The first kappa shape index (κ1) is 17.1. The number of fused-ring (bicyclic) bond motifs is 3. The first-order chi connectivity index (χ1) is 13.2. The molecule has 0 fully saturated rings. The van der Waals surface area contributed by atoms with E-state index < -0.39 is 0 Å². The molecule has 0 radical (unpaired) electrons. The molecule has 0 saturated heterocycles. The number of hydrogen-bond donors (Lipinski definition) is 0. The molecule has 0 aliphatic carbocycles. The van der Waals surface area contributed by atoms with Gasteiger partial charge in [0, 0.05) is 26.5 Å². The van der Waals surface area contributed by atoms with E-state index in [9.17, 15) is 0 Å². The number of nitrogens with zero attached hydrogens (tertiary/aromatic N) is 1. The SMILES string of the molecule is Clc1cccc(N(c2ccccc2)c2csc3sc4ccccc4c23)c1Cl. The number of para-hydroxylation sites is 1. The second-order valence-electron chi connectivity index (χ2n) is 6.13. The van der Waals surface area contributed by atoms with E-state index in [0.29, 0.717) is 10.0 Å². The van der Waals surface area contributed by atoms with Gasteiger partial charge < -0.3 is 4.90 Å². The Hall–Kier alpha value is -2.04. The molecule has 5 rings (SSSR count). The fourth-order valence-corrected chi connectivity index (χ4v) is 6.03. The number of thiophene rings is 2. The Kier molecular flexibility index (Phi) is 4.33. The average Bonchev–Trinajstić information content (AvgIpc) is 3.26. The fourth-order valence-electron chi connectivity index (χ4n) is 3.33. The van der Waals surface area contributed by atoms with E-state index in [1.54, 1.807) is 11.3 Å². The number of benzene rings is 3. The molecule has 0 spiro atoms. The number of halogens is 2. The first-order valence-electron chi connectivity index (χ1n) is 8.42. The third-order valence-electron chi connectivity index (χ3n) is 4.52. The average molecular weight is 426 g/mol. The molecule has 0 unspecified atom stereocenters. The summed E-state index contributed by atoms with van der Waals surface area (Å²) in [6.07, 6.45) is 0. The quantitative estimate of drug-likeness (QED) is 0.278. The van der Waals surface area contributed by atoms with E-state index in [-0.39, 0.29) is 0 Å². The van der Waals surface area contributed by atoms with Crippen LogP contribution in [-0.4, -0.2) is 0 Å². The highest BCUT2D eigenvalue weighted by Crippen LogP contribution is 2.49. The molecule has 0 atom stereocenters. The van der Waals surface area contributed by atoms with E-state index in [4.69, 9.17) is 23.2 Å². The van der Waals surface area contributed by atoms with Gasteiger partial charge in [-0.3, -0.25) is 0 Å². The molecule has 0 N–H and O–H groups in total. The van der Waals surface area contributed by atoms with E-state index in [1.807, 2.05) is 47.7 Å². The van der Waals surface area contributed by atoms with Gasteiger partial charge in [0.1, 0.15) is 0 Å². The van der Waals surface area contributed by atoms with Gasteiger partial charge in [-0.15, -0.1) is 22.7 Å². The summed E-state index contributed by atoms with van der Waals surface area (Å²) in [5.41, 5.74) is 3.06. The van der Waals surface area contributed by atoms with Crippen LogP contribution in [0, 0.1) is 0 Å². The van der Waals surface area contributed by atoms with Crippen LogP contribution in [0.4, 0.5) is 17.1 Å². The Bertz CT molecular complexity index is 1260. The van der Waals surface area contributed by atoms with Gasteiger partial charge >= 0.3 is 0 Å². The van der Waals surface area contributed by atoms with Crippen LogP contribution in [0.2, 0.25) is 10.0 Å². The molecule has 27 heavy (non-hydrogen) atoms. The lowest BCUT2D eigenvalue weighted by molar-refractivity contribution is 1.31. The molecule has 1 nitrogen and oxygen atoms in total. The maximum atomic E-state index is 6.63. The van der Waals surface area contributed by atoms with Crippen LogP contribution in [0.5, 0.6) is 0 Å². The van der Waals surface area contributed by atoms with Gasteiger partial charge in [0.05, 0.1) is 25.4 Å². The smallest absolute Gasteiger partial charge is 0.0899 e. The molecule has 5 aromatic rings. The van der Waals surface area contributed by atoms with Crippen molar-refractivity contribution in [2.45, 2.75) is 0 Å². The van der Waals surface area contributed by atoms with Gasteiger partial charge in [-0.05, 0) is 30.3 Å². The maximum absolute atomic E-state index is 6.63. The first-order valence-corrected chi connectivity index (χ1v) is 10.9. The minimum Gasteiger partial charge on any atom is -0.307 e. The zero-order valence-corrected chi connectivity index (χ0v) is 17.2. The van der Waals surface area contributed by atoms with Crippen molar-refractivity contribution in [2.24, 2.45) is 0 Å². The monoisotopic (exact) mass is 425 g/mol. The second-order valence-corrected chi connectivity index (χ2v) is 9.10. The highest BCUT2D eigenvalue weighted by molar-refractivity contribution is 7.41. The summed E-state index contributed by atoms with van der Waals surface area (Å²) in [5, 5.41) is 5.85. The Morgan fingerprint density at radius 3 is 2.37 bits per heavy atom. The molecule has 2 heterocycles. The summed E-state index contributed by atoms with van der Waals surface area (Å²) in [4.78, 5) is 2.20. The van der Waals surface area contributed by atoms with E-state index in [0.717, 1.165) is 17.1 Å². The fraction of sp³-hybridized carbons (Fsp3) is 0. The third kappa shape index (κ3) is 2.82. The summed E-state index contributed by atoms with van der Waals surface area (Å²) in [7, 11) is 0. The number of anilines is 3. The minimum absolute atomic E-state index is 0.553. The Morgan fingerprint density at radius 2 is 1.52 bits per heavy atom. The summed E-state index contributed by atoms with van der Waals surface area (Å²) in [5.74, 6) is 0. The van der Waals surface area contributed by atoms with Crippen molar-refractivity contribution in [3.05, 3.63) is 88.2 Å². The molecule has 132 valence electrons. The van der Waals surface area contributed by atoms with Gasteiger partial charge in [0.2, 0.25) is 0 Å². The molecule has 0 amide bonds. The highest BCUT2D eigenvalue weighted by Gasteiger charge is 2.22. The van der Waals surface area contributed by atoms with Crippen LogP contribution in [0.25, 0.3) is 19.5 Å². The van der Waals surface area contributed by atoms with Gasteiger partial charge in [-0.1, -0.05) is 65.7 Å². The zero-order valence-electron chi connectivity index (χ0n) is 14.0. The van der Waals surface area contributed by atoms with Crippen molar-refractivity contribution in [2.75, 3.05) is 4.90 Å². The molecule has 0 saturated carbocycles. The van der Waals surface area contributed by atoms with Crippen molar-refractivity contribution < 1.29 is 0 Å². The van der Waals surface area contributed by atoms with Crippen LogP contribution in [0.1, 0.15) is 0 Å². The Labute approximate surface area is 175 Å². The standard InChI is InChI=1S/C22H13Cl2NS2/c23-16-10-6-11-17(21(16)24)25(14-7-2-1-3-8-14)18-13-26-22-20(18)15-9-4-5-12-19(15)27-22/h1-13H. The largest absolute Gasteiger partial charge is 0.307 e. The summed E-state index contributed by atoms with van der Waals surface area (Å²) in [6, 6.07) is 24.6. The molecule has 0 aliphatic heterocycles. The van der Waals surface area contributed by atoms with Crippen LogP contribution >= 0.6 is 45.9 Å². The maximum Gasteiger partial charge on any atom is 0.0899 e. The predicted octanol–water partition coefficient (Wildman–Crippen LogP) is 8.89. The Balaban J connectivity index is 1.84. The van der Waals surface area contributed by atoms with Crippen molar-refractivity contribution in [3.63, 3.8) is 0 Å². The summed E-state index contributed by atoms with van der Waals surface area (Å²) in [6.45, 7) is 0. The lowest BCUT2D eigenvalue weighted by Gasteiger charge is -2.26. The summed E-state index contributed by atoms with van der Waals surface area (Å²) < 4.78 is 2.61. The Morgan fingerprint density at radius 1 is 0.741 bits per heavy atom. The lowest BCUT2D eigenvalue weighted by atomic mass is 10.1. The van der Waals surface area contributed by atoms with E-state index in [2.05, 4.69) is 46.7 Å². The van der Waals surface area contributed by atoms with Gasteiger partial charge in [0.25, 0.3) is 0 Å². The topological polar surface area (TPSA) is 3.24 Å². The molecular weight excluding hydrogens is 413 g/mol. The minimum atomic E-state index is 0.553. The summed E-state index contributed by atoms with van der Waals surface area (Å²) >= 11 is 16.6. The predicted molar refractivity (Wildman–Crippen MR) is 122 cm³/mol. The zero-order chi connectivity index (χ0) is 18.4. The molecule has 5 heteroatoms. The molecule has 0 aliphatic rings. The molecule has 0 bridgehead atoms. The van der Waals surface area contributed by atoms with Crippen LogP contribution < -0.4 is 4.90 Å². The second kappa shape index (κ2) is 6.84. The van der Waals surface area contributed by atoms with Gasteiger partial charge in [-0.2, -0.15) is 0 Å². The lowest BCUT2D eigenvalue weighted by Crippen LogP contribution is -2.09. The van der Waals surface area contributed by atoms with Crippen LogP contribution in [-0.2, 0) is 0 Å². The van der Waals surface area contributed by atoms with Crippen LogP contribution in [0.15, 0.2) is 78.2 Å². The van der Waals surface area contributed by atoms with Crippen molar-refractivity contribution in [1.29, 1.82) is 0 Å². The highest BCUT2D eigenvalue weighted by atomic mass is 35.5. The van der Waals surface area contributed by atoms with E-state index >= 15 is 0 Å². The number of hydrogen-bond acceptors (Lipinski definition) is 3. The molecule has 2 aromatic heterocycles. The van der Waals surface area contributed by atoms with Crippen molar-refractivity contribution in [3.8, 4) is 0 Å². The molecule has 3 aromatic carbocycles. The van der Waals surface area contributed by atoms with Crippen molar-refractivity contribution >= 4 is 82.4 Å². The van der Waals surface area contributed by atoms with Crippen LogP contribution in [0.3, 0.4) is 0 Å². The normalized spacial score (nSPS) is 11.3. The molecular formula is C22H13Cl2NS2. The van der Waals surface area contributed by atoms with Gasteiger partial charge in [0.15, 0.2) is 0 Å². The van der Waals surface area contributed by atoms with Gasteiger partial charge in [-0.25, -0.2) is 0 Å². The third-order valence-corrected chi connectivity index (χ3v) is 7.60. The van der Waals surface area contributed by atoms with Crippen molar-refractivity contribution in [1.82, 2.24) is 0 Å². The number of rotatable bonds is 3. The van der Waals surface area contributed by atoms with E-state index in [1.165, 1.54) is 19.5 Å².